The predicted molar refractivity (Wildman–Crippen MR) is 78.4 cm³/mol. The van der Waals surface area contributed by atoms with E-state index in [2.05, 4.69) is 10.3 Å². The molecule has 4 heteroatoms. The highest BCUT2D eigenvalue weighted by atomic mass is 16.2. The number of piperazine rings is 1. The van der Waals surface area contributed by atoms with Crippen LogP contribution in [0.15, 0.2) is 48.7 Å². The van der Waals surface area contributed by atoms with E-state index in [9.17, 15) is 4.79 Å². The number of hydrogen-bond donors (Lipinski definition) is 1. The SMILES string of the molecule is O=C(c1cccc(-c2ccccn2)c1)N1CCNCC1. The fourth-order valence-corrected chi connectivity index (χ4v) is 2.40. The number of rotatable bonds is 2. The highest BCUT2D eigenvalue weighted by Crippen LogP contribution is 2.18. The number of nitrogens with zero attached hydrogens (tertiary/aromatic N) is 2. The van der Waals surface area contributed by atoms with E-state index in [0.717, 1.165) is 43.0 Å². The van der Waals surface area contributed by atoms with Crippen LogP contribution < -0.4 is 5.32 Å². The first-order valence-electron chi connectivity index (χ1n) is 6.86. The molecule has 0 atom stereocenters. The van der Waals surface area contributed by atoms with Crippen molar-refractivity contribution < 1.29 is 4.79 Å². The van der Waals surface area contributed by atoms with Gasteiger partial charge in [-0.25, -0.2) is 0 Å². The monoisotopic (exact) mass is 267 g/mol. The van der Waals surface area contributed by atoms with Crippen LogP contribution in [0.3, 0.4) is 0 Å². The largest absolute Gasteiger partial charge is 0.336 e. The zero-order valence-electron chi connectivity index (χ0n) is 11.2. The molecule has 2 aromatic rings. The van der Waals surface area contributed by atoms with Crippen molar-refractivity contribution in [1.29, 1.82) is 0 Å². The van der Waals surface area contributed by atoms with E-state index in [4.69, 9.17) is 0 Å². The Bertz CT molecular complexity index is 592. The van der Waals surface area contributed by atoms with Crippen molar-refractivity contribution in [3.05, 3.63) is 54.2 Å². The zero-order chi connectivity index (χ0) is 13.8. The minimum absolute atomic E-state index is 0.101. The maximum absolute atomic E-state index is 12.5. The fourth-order valence-electron chi connectivity index (χ4n) is 2.40. The summed E-state index contributed by atoms with van der Waals surface area (Å²) in [4.78, 5) is 18.7. The van der Waals surface area contributed by atoms with Crippen LogP contribution in [0.5, 0.6) is 0 Å². The molecule has 1 N–H and O–H groups in total. The summed E-state index contributed by atoms with van der Waals surface area (Å²) < 4.78 is 0. The van der Waals surface area contributed by atoms with Gasteiger partial charge in [-0.3, -0.25) is 9.78 Å². The lowest BCUT2D eigenvalue weighted by atomic mass is 10.1. The van der Waals surface area contributed by atoms with Gasteiger partial charge in [0, 0.05) is 43.5 Å². The summed E-state index contributed by atoms with van der Waals surface area (Å²) in [7, 11) is 0. The van der Waals surface area contributed by atoms with E-state index in [1.54, 1.807) is 6.20 Å². The molecule has 0 aliphatic carbocycles. The van der Waals surface area contributed by atoms with Crippen LogP contribution >= 0.6 is 0 Å². The van der Waals surface area contributed by atoms with Crippen LogP contribution in [0.2, 0.25) is 0 Å². The molecular formula is C16H17N3O. The normalized spacial score (nSPS) is 15.1. The number of aromatic nitrogens is 1. The smallest absolute Gasteiger partial charge is 0.253 e. The Labute approximate surface area is 118 Å². The molecule has 4 nitrogen and oxygen atoms in total. The Morgan fingerprint density at radius 1 is 1.10 bits per heavy atom. The molecular weight excluding hydrogens is 250 g/mol. The molecule has 3 rings (SSSR count). The van der Waals surface area contributed by atoms with Gasteiger partial charge in [0.25, 0.3) is 5.91 Å². The highest BCUT2D eigenvalue weighted by molar-refractivity contribution is 5.95. The van der Waals surface area contributed by atoms with Gasteiger partial charge in [0.05, 0.1) is 5.69 Å². The maximum atomic E-state index is 12.5. The molecule has 1 fully saturated rings. The van der Waals surface area contributed by atoms with Gasteiger partial charge in [-0.15, -0.1) is 0 Å². The van der Waals surface area contributed by atoms with Crippen LogP contribution in [-0.4, -0.2) is 42.0 Å². The summed E-state index contributed by atoms with van der Waals surface area (Å²) in [5, 5.41) is 3.25. The van der Waals surface area contributed by atoms with Crippen LogP contribution in [0.4, 0.5) is 0 Å². The van der Waals surface area contributed by atoms with Crippen molar-refractivity contribution in [3.8, 4) is 11.3 Å². The molecule has 0 spiro atoms. The summed E-state index contributed by atoms with van der Waals surface area (Å²) in [6.07, 6.45) is 1.76. The summed E-state index contributed by atoms with van der Waals surface area (Å²) in [6.45, 7) is 3.27. The Morgan fingerprint density at radius 3 is 2.70 bits per heavy atom. The topological polar surface area (TPSA) is 45.2 Å². The number of pyridine rings is 1. The molecule has 0 radical (unpaired) electrons. The van der Waals surface area contributed by atoms with Crippen LogP contribution in [-0.2, 0) is 0 Å². The molecule has 102 valence electrons. The average Bonchev–Trinajstić information content (AvgIpc) is 2.56. The number of hydrogen-bond acceptors (Lipinski definition) is 3. The third-order valence-corrected chi connectivity index (χ3v) is 3.47. The number of benzene rings is 1. The van der Waals surface area contributed by atoms with Crippen molar-refractivity contribution in [2.24, 2.45) is 0 Å². The molecule has 0 bridgehead atoms. The maximum Gasteiger partial charge on any atom is 0.253 e. The van der Waals surface area contributed by atoms with Crippen molar-refractivity contribution >= 4 is 5.91 Å². The first kappa shape index (κ1) is 12.8. The standard InChI is InChI=1S/C16H17N3O/c20-16(19-10-8-17-9-11-19)14-5-3-4-13(12-14)15-6-1-2-7-18-15/h1-7,12,17H,8-11H2. The van der Waals surface area contributed by atoms with Crippen LogP contribution in [0.25, 0.3) is 11.3 Å². The first-order chi connectivity index (χ1) is 9.84. The molecule has 1 aliphatic heterocycles. The number of carbonyl (C=O) groups is 1. The van der Waals surface area contributed by atoms with Gasteiger partial charge < -0.3 is 10.2 Å². The molecule has 0 saturated carbocycles. The van der Waals surface area contributed by atoms with Crippen LogP contribution in [0, 0.1) is 0 Å². The Kier molecular flexibility index (Phi) is 3.74. The molecule has 1 aromatic heterocycles. The molecule has 1 aromatic carbocycles. The lowest BCUT2D eigenvalue weighted by Gasteiger charge is -2.27. The van der Waals surface area contributed by atoms with Crippen molar-refractivity contribution in [3.63, 3.8) is 0 Å². The van der Waals surface area contributed by atoms with Crippen molar-refractivity contribution in [2.75, 3.05) is 26.2 Å². The minimum Gasteiger partial charge on any atom is -0.336 e. The van der Waals surface area contributed by atoms with E-state index in [1.807, 2.05) is 47.4 Å². The zero-order valence-corrected chi connectivity index (χ0v) is 11.2. The summed E-state index contributed by atoms with van der Waals surface area (Å²) >= 11 is 0. The fraction of sp³-hybridized carbons (Fsp3) is 0.250. The molecule has 1 saturated heterocycles. The van der Waals surface area contributed by atoms with Gasteiger partial charge in [-0.2, -0.15) is 0 Å². The van der Waals surface area contributed by atoms with Crippen molar-refractivity contribution in [2.45, 2.75) is 0 Å². The van der Waals surface area contributed by atoms with E-state index in [0.29, 0.717) is 0 Å². The summed E-state index contributed by atoms with van der Waals surface area (Å²) in [5.41, 5.74) is 2.60. The quantitative estimate of drug-likeness (QED) is 0.902. The Hall–Kier alpha value is -2.20. The summed E-state index contributed by atoms with van der Waals surface area (Å²) in [5.74, 6) is 0.101. The lowest BCUT2D eigenvalue weighted by Crippen LogP contribution is -2.46. The molecule has 1 amide bonds. The first-order valence-corrected chi connectivity index (χ1v) is 6.86. The predicted octanol–water partition coefficient (Wildman–Crippen LogP) is 1.79. The molecule has 2 heterocycles. The van der Waals surface area contributed by atoms with Gasteiger partial charge in [0.2, 0.25) is 0 Å². The van der Waals surface area contributed by atoms with Crippen LogP contribution in [0.1, 0.15) is 10.4 Å². The molecule has 1 aliphatic rings. The van der Waals surface area contributed by atoms with E-state index >= 15 is 0 Å². The third kappa shape index (κ3) is 2.70. The number of amides is 1. The van der Waals surface area contributed by atoms with E-state index in [1.165, 1.54) is 0 Å². The molecule has 20 heavy (non-hydrogen) atoms. The number of carbonyl (C=O) groups excluding carboxylic acids is 1. The second-order valence-electron chi connectivity index (χ2n) is 4.84. The minimum atomic E-state index is 0.101. The van der Waals surface area contributed by atoms with Gasteiger partial charge in [-0.05, 0) is 24.3 Å². The van der Waals surface area contributed by atoms with Gasteiger partial charge in [0.1, 0.15) is 0 Å². The third-order valence-electron chi connectivity index (χ3n) is 3.47. The lowest BCUT2D eigenvalue weighted by molar-refractivity contribution is 0.0736. The molecule has 0 unspecified atom stereocenters. The second kappa shape index (κ2) is 5.84. The van der Waals surface area contributed by atoms with E-state index < -0.39 is 0 Å². The Balaban J connectivity index is 1.85. The van der Waals surface area contributed by atoms with Gasteiger partial charge >= 0.3 is 0 Å². The second-order valence-corrected chi connectivity index (χ2v) is 4.84. The van der Waals surface area contributed by atoms with Gasteiger partial charge in [-0.1, -0.05) is 18.2 Å². The number of nitrogens with one attached hydrogen (secondary N) is 1. The Morgan fingerprint density at radius 2 is 1.95 bits per heavy atom. The van der Waals surface area contributed by atoms with E-state index in [-0.39, 0.29) is 5.91 Å². The van der Waals surface area contributed by atoms with Gasteiger partial charge in [0.15, 0.2) is 0 Å². The average molecular weight is 267 g/mol. The summed E-state index contributed by atoms with van der Waals surface area (Å²) in [6, 6.07) is 13.5. The van der Waals surface area contributed by atoms with Crippen molar-refractivity contribution in [1.82, 2.24) is 15.2 Å². The highest BCUT2D eigenvalue weighted by Gasteiger charge is 2.18.